The second kappa shape index (κ2) is 10.3. The zero-order valence-electron chi connectivity index (χ0n) is 20.7. The Kier molecular flexibility index (Phi) is 7.28. The maximum atomic E-state index is 13.3. The first kappa shape index (κ1) is 26.1. The van der Waals surface area contributed by atoms with E-state index in [1.165, 1.54) is 12.1 Å². The van der Waals surface area contributed by atoms with E-state index < -0.39 is 6.36 Å². The second-order valence-electron chi connectivity index (χ2n) is 9.64. The summed E-state index contributed by atoms with van der Waals surface area (Å²) in [6.07, 6.45) is 1.82. The number of anilines is 1. The standard InChI is InChI=1S/C26H29F3N4O2S2/c1-3-20-23(19-15-32(2)11-8-21(19)31-20)24(34)30-14-22-25(16-36-37-22)9-12-33(13-10-25)17-4-6-18(7-5-17)35-26(27,28)29/h4-8,11,15,22H,3,9-10,12-14,16H2,1-2H3,(H,30,34). The van der Waals surface area contributed by atoms with Gasteiger partial charge in [0.25, 0.3) is 5.91 Å². The lowest BCUT2D eigenvalue weighted by Gasteiger charge is -2.43. The Bertz CT molecular complexity index is 1220. The Balaban J connectivity index is 1.21. The van der Waals surface area contributed by atoms with Gasteiger partial charge in [-0.3, -0.25) is 9.78 Å². The van der Waals surface area contributed by atoms with Gasteiger partial charge in [0.1, 0.15) is 5.75 Å². The molecule has 11 heteroatoms. The number of rotatable bonds is 6. The van der Waals surface area contributed by atoms with Crippen molar-refractivity contribution in [2.75, 3.05) is 30.3 Å². The number of benzene rings is 1. The molecule has 37 heavy (non-hydrogen) atoms. The van der Waals surface area contributed by atoms with Crippen molar-refractivity contribution < 1.29 is 22.7 Å². The molecule has 1 atom stereocenters. The molecule has 0 bridgehead atoms. The molecule has 1 aromatic rings. The van der Waals surface area contributed by atoms with Crippen LogP contribution in [0.1, 0.15) is 35.8 Å². The Morgan fingerprint density at radius 2 is 1.95 bits per heavy atom. The van der Waals surface area contributed by atoms with Gasteiger partial charge in [-0.1, -0.05) is 28.5 Å². The fraction of sp³-hybridized carbons (Fsp3) is 0.462. The summed E-state index contributed by atoms with van der Waals surface area (Å²) in [7, 11) is 5.65. The van der Waals surface area contributed by atoms with Crippen molar-refractivity contribution in [3.05, 3.63) is 54.0 Å². The van der Waals surface area contributed by atoms with E-state index in [0.717, 1.165) is 54.3 Å². The van der Waals surface area contributed by atoms with Crippen molar-refractivity contribution >= 4 is 33.2 Å². The molecule has 1 unspecified atom stereocenters. The van der Waals surface area contributed by atoms with Crippen LogP contribution >= 0.6 is 21.6 Å². The van der Waals surface area contributed by atoms with Crippen LogP contribution in [0.25, 0.3) is 11.3 Å². The van der Waals surface area contributed by atoms with Crippen LogP contribution in [0.3, 0.4) is 0 Å². The Labute approximate surface area is 222 Å². The van der Waals surface area contributed by atoms with Crippen LogP contribution in [-0.4, -0.2) is 52.5 Å². The van der Waals surface area contributed by atoms with Gasteiger partial charge in [-0.2, -0.15) is 0 Å². The lowest BCUT2D eigenvalue weighted by atomic mass is 9.76. The van der Waals surface area contributed by atoms with Crippen molar-refractivity contribution in [2.45, 2.75) is 37.8 Å². The highest BCUT2D eigenvalue weighted by Gasteiger charge is 2.46. The monoisotopic (exact) mass is 550 g/mol. The van der Waals surface area contributed by atoms with Gasteiger partial charge in [0, 0.05) is 61.3 Å². The zero-order valence-corrected chi connectivity index (χ0v) is 22.3. The van der Waals surface area contributed by atoms with E-state index in [-0.39, 0.29) is 17.1 Å². The number of nitrogens with zero attached hydrogens (tertiary/aromatic N) is 3. The summed E-state index contributed by atoms with van der Waals surface area (Å²) in [5.41, 5.74) is 4.22. The van der Waals surface area contributed by atoms with Gasteiger partial charge in [-0.15, -0.1) is 13.2 Å². The molecule has 5 rings (SSSR count). The number of carbonyl (C=O) groups excluding carboxylic acids is 1. The molecule has 2 fully saturated rings. The van der Waals surface area contributed by atoms with Crippen LogP contribution in [0.15, 0.2) is 42.7 Å². The molecule has 1 aromatic carbocycles. The average Bonchev–Trinajstić information content (AvgIpc) is 3.43. The number of amides is 1. The summed E-state index contributed by atoms with van der Waals surface area (Å²) in [5, 5.41) is 3.50. The molecule has 1 amide bonds. The summed E-state index contributed by atoms with van der Waals surface area (Å²) in [4.78, 5) is 20.2. The maximum absolute atomic E-state index is 13.3. The fourth-order valence-electron chi connectivity index (χ4n) is 5.23. The minimum Gasteiger partial charge on any atom is -0.406 e. The van der Waals surface area contributed by atoms with Gasteiger partial charge in [0.15, 0.2) is 0 Å². The van der Waals surface area contributed by atoms with E-state index >= 15 is 0 Å². The molecule has 0 radical (unpaired) electrons. The fourth-order valence-corrected chi connectivity index (χ4v) is 9.19. The first-order valence-corrected chi connectivity index (χ1v) is 14.7. The van der Waals surface area contributed by atoms with Crippen LogP contribution in [-0.2, 0) is 13.5 Å². The minimum absolute atomic E-state index is 0.0724. The number of alkyl halides is 3. The molecule has 4 aliphatic rings. The zero-order chi connectivity index (χ0) is 26.2. The van der Waals surface area contributed by atoms with Crippen molar-refractivity contribution in [1.29, 1.82) is 0 Å². The number of ether oxygens (including phenoxy) is 1. The molecule has 2 saturated heterocycles. The van der Waals surface area contributed by atoms with E-state index in [9.17, 15) is 18.0 Å². The number of hydrogen-bond donors (Lipinski definition) is 1. The topological polar surface area (TPSA) is 59.4 Å². The predicted octanol–water partition coefficient (Wildman–Crippen LogP) is 5.77. The number of piperidine rings is 1. The summed E-state index contributed by atoms with van der Waals surface area (Å²) in [5.74, 6) is 0.745. The maximum Gasteiger partial charge on any atom is 0.573 e. The van der Waals surface area contributed by atoms with Crippen LogP contribution in [0.4, 0.5) is 18.9 Å². The number of pyridine rings is 1. The first-order chi connectivity index (χ1) is 17.7. The summed E-state index contributed by atoms with van der Waals surface area (Å²) < 4.78 is 43.3. The highest BCUT2D eigenvalue weighted by atomic mass is 33.1. The number of aryl methyl sites for hydroxylation is 2. The molecule has 4 aliphatic heterocycles. The van der Waals surface area contributed by atoms with Gasteiger partial charge in [-0.05, 0) is 55.0 Å². The molecule has 0 aliphatic carbocycles. The molecule has 198 valence electrons. The molecular formula is C26H29F3N4O2S2. The predicted molar refractivity (Wildman–Crippen MR) is 142 cm³/mol. The molecule has 0 saturated carbocycles. The second-order valence-corrected chi connectivity index (χ2v) is 12.2. The summed E-state index contributed by atoms with van der Waals surface area (Å²) in [6.45, 7) is 4.24. The van der Waals surface area contributed by atoms with Gasteiger partial charge in [0.05, 0.1) is 17.0 Å². The van der Waals surface area contributed by atoms with Crippen LogP contribution < -0.4 is 15.0 Å². The molecule has 6 nitrogen and oxygen atoms in total. The molecular weight excluding hydrogens is 521 g/mol. The van der Waals surface area contributed by atoms with E-state index in [0.29, 0.717) is 23.8 Å². The largest absolute Gasteiger partial charge is 0.573 e. The highest BCUT2D eigenvalue weighted by Crippen LogP contribution is 2.54. The van der Waals surface area contributed by atoms with Crippen molar-refractivity contribution in [2.24, 2.45) is 12.5 Å². The molecule has 4 heterocycles. The van der Waals surface area contributed by atoms with Gasteiger partial charge < -0.3 is 19.5 Å². The number of hydrogen-bond acceptors (Lipinski definition) is 6. The third-order valence-electron chi connectivity index (χ3n) is 7.31. The van der Waals surface area contributed by atoms with Crippen LogP contribution in [0.5, 0.6) is 5.75 Å². The quantitative estimate of drug-likeness (QED) is 0.394. The van der Waals surface area contributed by atoms with Crippen LogP contribution in [0.2, 0.25) is 0 Å². The third-order valence-corrected chi connectivity index (χ3v) is 10.5. The summed E-state index contributed by atoms with van der Waals surface area (Å²) in [6, 6.07) is 8.02. The van der Waals surface area contributed by atoms with E-state index in [2.05, 4.69) is 19.9 Å². The van der Waals surface area contributed by atoms with E-state index in [4.69, 9.17) is 0 Å². The number of carbonyl (C=O) groups is 1. The normalized spacial score (nSPS) is 19.5. The Morgan fingerprint density at radius 1 is 1.22 bits per heavy atom. The third kappa shape index (κ3) is 5.52. The smallest absolute Gasteiger partial charge is 0.406 e. The van der Waals surface area contributed by atoms with Gasteiger partial charge >= 0.3 is 6.36 Å². The number of nitrogens with one attached hydrogen (secondary N) is 1. The minimum atomic E-state index is -4.69. The Hall–Kier alpha value is -2.53. The van der Waals surface area contributed by atoms with Gasteiger partial charge in [-0.25, -0.2) is 0 Å². The van der Waals surface area contributed by atoms with E-state index in [1.807, 2.05) is 58.6 Å². The number of aromatic nitrogens is 2. The van der Waals surface area contributed by atoms with Crippen molar-refractivity contribution in [1.82, 2.24) is 14.9 Å². The van der Waals surface area contributed by atoms with Crippen molar-refractivity contribution in [3.63, 3.8) is 0 Å². The molecule has 1 N–H and O–H groups in total. The van der Waals surface area contributed by atoms with Crippen LogP contribution in [0, 0.1) is 5.41 Å². The molecule has 1 spiro atoms. The highest BCUT2D eigenvalue weighted by molar-refractivity contribution is 8.77. The average molecular weight is 551 g/mol. The molecule has 0 aromatic heterocycles. The number of halogens is 3. The lowest BCUT2D eigenvalue weighted by Crippen LogP contribution is -2.48. The SMILES string of the molecule is CCc1nc2ccn(C)cc-2c1C(=O)NCC1SSCC12CCN(c1ccc(OC(F)(F)F)cc1)CC2. The number of fused-ring (bicyclic) bond motifs is 1. The van der Waals surface area contributed by atoms with E-state index in [1.54, 1.807) is 12.1 Å². The van der Waals surface area contributed by atoms with Gasteiger partial charge in [0.2, 0.25) is 0 Å². The summed E-state index contributed by atoms with van der Waals surface area (Å²) >= 11 is 0. The lowest BCUT2D eigenvalue weighted by molar-refractivity contribution is -0.274. The Morgan fingerprint density at radius 3 is 2.62 bits per heavy atom. The first-order valence-electron chi connectivity index (χ1n) is 12.3. The van der Waals surface area contributed by atoms with Crippen molar-refractivity contribution in [3.8, 4) is 17.0 Å².